The van der Waals surface area contributed by atoms with Crippen LogP contribution in [0.1, 0.15) is 5.56 Å². The van der Waals surface area contributed by atoms with Gasteiger partial charge in [0.2, 0.25) is 5.95 Å². The number of aryl methyl sites for hydroxylation is 1. The second-order valence-corrected chi connectivity index (χ2v) is 5.74. The molecule has 102 valence electrons. The molecule has 0 spiro atoms. The molecule has 6 heteroatoms. The van der Waals surface area contributed by atoms with Crippen LogP contribution in [0.5, 0.6) is 0 Å². The monoisotopic (exact) mass is 325 g/mol. The van der Waals surface area contributed by atoms with E-state index in [1.807, 2.05) is 25.1 Å². The van der Waals surface area contributed by atoms with Crippen LogP contribution in [0.25, 0.3) is 16.7 Å². The van der Waals surface area contributed by atoms with E-state index in [2.05, 4.69) is 4.98 Å². The summed E-state index contributed by atoms with van der Waals surface area (Å²) in [7, 11) is 0. The minimum atomic E-state index is 0.337. The Kier molecular flexibility index (Phi) is 3.28. The topological polar surface area (TPSA) is 43.8 Å². The summed E-state index contributed by atoms with van der Waals surface area (Å²) in [4.78, 5) is 4.29. The van der Waals surface area contributed by atoms with Gasteiger partial charge in [0.1, 0.15) is 0 Å². The molecule has 0 fully saturated rings. The van der Waals surface area contributed by atoms with Crippen LogP contribution in [0, 0.1) is 6.92 Å². The molecule has 0 bridgehead atoms. The molecule has 0 radical (unpaired) electrons. The third-order valence-electron chi connectivity index (χ3n) is 3.07. The summed E-state index contributed by atoms with van der Waals surface area (Å²) in [5.74, 6) is 0.337. The average molecular weight is 327 g/mol. The van der Waals surface area contributed by atoms with Crippen molar-refractivity contribution in [3.8, 4) is 5.69 Å². The van der Waals surface area contributed by atoms with E-state index in [-0.39, 0.29) is 0 Å². The molecule has 1 heterocycles. The molecular formula is C14H10Cl3N3. The molecule has 0 saturated heterocycles. The van der Waals surface area contributed by atoms with Gasteiger partial charge >= 0.3 is 0 Å². The first kappa shape index (κ1) is 13.6. The fourth-order valence-electron chi connectivity index (χ4n) is 2.14. The number of imidazole rings is 1. The third kappa shape index (κ3) is 2.12. The van der Waals surface area contributed by atoms with Crippen LogP contribution >= 0.6 is 34.8 Å². The number of anilines is 1. The van der Waals surface area contributed by atoms with Gasteiger partial charge in [-0.05, 0) is 36.8 Å². The fraction of sp³-hybridized carbons (Fsp3) is 0.0714. The lowest BCUT2D eigenvalue weighted by Gasteiger charge is -2.09. The number of hydrogen-bond acceptors (Lipinski definition) is 2. The van der Waals surface area contributed by atoms with E-state index in [1.165, 1.54) is 0 Å². The highest BCUT2D eigenvalue weighted by Gasteiger charge is 2.14. The normalized spacial score (nSPS) is 11.2. The van der Waals surface area contributed by atoms with Crippen molar-refractivity contribution in [1.82, 2.24) is 9.55 Å². The highest BCUT2D eigenvalue weighted by Crippen LogP contribution is 2.33. The minimum Gasteiger partial charge on any atom is -0.369 e. The van der Waals surface area contributed by atoms with E-state index in [0.717, 1.165) is 16.8 Å². The van der Waals surface area contributed by atoms with Gasteiger partial charge in [-0.25, -0.2) is 4.98 Å². The number of fused-ring (bicyclic) bond motifs is 1. The van der Waals surface area contributed by atoms with E-state index in [1.54, 1.807) is 16.7 Å². The van der Waals surface area contributed by atoms with E-state index in [4.69, 9.17) is 40.5 Å². The van der Waals surface area contributed by atoms with Crippen molar-refractivity contribution in [2.24, 2.45) is 0 Å². The molecule has 1 aromatic heterocycles. The number of nitrogens with zero attached hydrogens (tertiary/aromatic N) is 2. The summed E-state index contributed by atoms with van der Waals surface area (Å²) in [5.41, 5.74) is 9.27. The van der Waals surface area contributed by atoms with Gasteiger partial charge in [0.15, 0.2) is 0 Å². The number of hydrogen-bond donors (Lipinski definition) is 1. The lowest BCUT2D eigenvalue weighted by atomic mass is 10.2. The second-order valence-electron chi connectivity index (χ2n) is 4.52. The number of aromatic nitrogens is 2. The molecule has 2 aromatic carbocycles. The maximum Gasteiger partial charge on any atom is 0.205 e. The van der Waals surface area contributed by atoms with Gasteiger partial charge in [-0.1, -0.05) is 40.9 Å². The molecule has 0 aliphatic carbocycles. The van der Waals surface area contributed by atoms with Crippen LogP contribution in [0.15, 0.2) is 30.3 Å². The molecule has 0 amide bonds. The van der Waals surface area contributed by atoms with Gasteiger partial charge in [-0.3, -0.25) is 4.57 Å². The van der Waals surface area contributed by atoms with Crippen molar-refractivity contribution >= 4 is 51.8 Å². The van der Waals surface area contributed by atoms with Crippen LogP contribution in [0.4, 0.5) is 5.95 Å². The maximum atomic E-state index is 6.30. The Labute approximate surface area is 130 Å². The summed E-state index contributed by atoms with van der Waals surface area (Å²) < 4.78 is 1.76. The minimum absolute atomic E-state index is 0.337. The first-order valence-electron chi connectivity index (χ1n) is 5.87. The van der Waals surface area contributed by atoms with Crippen LogP contribution < -0.4 is 5.73 Å². The van der Waals surface area contributed by atoms with E-state index >= 15 is 0 Å². The standard InChI is InChI=1S/C14H10Cl3N3/c1-7-2-3-12(10(17)4-7)20-13-6-9(16)8(15)5-11(13)19-14(20)18/h2-6H,1H3,(H2,18,19). The molecule has 0 saturated carbocycles. The van der Waals surface area contributed by atoms with Crippen LogP contribution in [-0.4, -0.2) is 9.55 Å². The van der Waals surface area contributed by atoms with Crippen LogP contribution in [0.2, 0.25) is 15.1 Å². The van der Waals surface area contributed by atoms with Gasteiger partial charge in [-0.15, -0.1) is 0 Å². The smallest absolute Gasteiger partial charge is 0.205 e. The van der Waals surface area contributed by atoms with Gasteiger partial charge in [0.25, 0.3) is 0 Å². The summed E-state index contributed by atoms with van der Waals surface area (Å²) in [6, 6.07) is 9.16. The molecule has 0 aliphatic heterocycles. The first-order valence-corrected chi connectivity index (χ1v) is 7.00. The molecule has 20 heavy (non-hydrogen) atoms. The Bertz CT molecular complexity index is 824. The average Bonchev–Trinajstić information content (AvgIpc) is 2.66. The molecule has 3 rings (SSSR count). The van der Waals surface area contributed by atoms with Crippen molar-refractivity contribution in [3.05, 3.63) is 51.0 Å². The maximum absolute atomic E-state index is 6.30. The van der Waals surface area contributed by atoms with Gasteiger partial charge in [0.05, 0.1) is 31.8 Å². The Morgan fingerprint density at radius 2 is 1.70 bits per heavy atom. The Morgan fingerprint density at radius 1 is 1.00 bits per heavy atom. The lowest BCUT2D eigenvalue weighted by molar-refractivity contribution is 1.11. The van der Waals surface area contributed by atoms with Crippen molar-refractivity contribution in [1.29, 1.82) is 0 Å². The summed E-state index contributed by atoms with van der Waals surface area (Å²) in [6.45, 7) is 1.97. The third-order valence-corrected chi connectivity index (χ3v) is 4.09. The van der Waals surface area contributed by atoms with E-state index < -0.39 is 0 Å². The summed E-state index contributed by atoms with van der Waals surface area (Å²) in [6.07, 6.45) is 0. The summed E-state index contributed by atoms with van der Waals surface area (Å²) in [5, 5.41) is 1.49. The zero-order valence-corrected chi connectivity index (χ0v) is 12.8. The zero-order chi connectivity index (χ0) is 14.4. The predicted molar refractivity (Wildman–Crippen MR) is 85.2 cm³/mol. The van der Waals surface area contributed by atoms with Gasteiger partial charge < -0.3 is 5.73 Å². The highest BCUT2D eigenvalue weighted by molar-refractivity contribution is 6.42. The number of rotatable bonds is 1. The Balaban J connectivity index is 2.35. The number of nitrogen functional groups attached to an aromatic ring is 1. The predicted octanol–water partition coefficient (Wildman–Crippen LogP) is 4.88. The molecular weight excluding hydrogens is 317 g/mol. The van der Waals surface area contributed by atoms with Crippen molar-refractivity contribution in [2.45, 2.75) is 6.92 Å². The van der Waals surface area contributed by atoms with Crippen molar-refractivity contribution in [3.63, 3.8) is 0 Å². The van der Waals surface area contributed by atoms with E-state index in [0.29, 0.717) is 26.5 Å². The number of halogens is 3. The highest BCUT2D eigenvalue weighted by atomic mass is 35.5. The Hall–Kier alpha value is -1.42. The first-order chi connectivity index (χ1) is 9.47. The van der Waals surface area contributed by atoms with Gasteiger partial charge in [-0.2, -0.15) is 0 Å². The molecule has 0 atom stereocenters. The molecule has 3 nitrogen and oxygen atoms in total. The number of nitrogens with two attached hydrogens (primary N) is 1. The Morgan fingerprint density at radius 3 is 2.40 bits per heavy atom. The largest absolute Gasteiger partial charge is 0.369 e. The van der Waals surface area contributed by atoms with Crippen LogP contribution in [0.3, 0.4) is 0 Å². The van der Waals surface area contributed by atoms with Crippen LogP contribution in [-0.2, 0) is 0 Å². The molecule has 0 unspecified atom stereocenters. The number of benzene rings is 2. The summed E-state index contributed by atoms with van der Waals surface area (Å²) >= 11 is 18.4. The van der Waals surface area contributed by atoms with Gasteiger partial charge in [0, 0.05) is 0 Å². The van der Waals surface area contributed by atoms with Crippen molar-refractivity contribution in [2.75, 3.05) is 5.73 Å². The molecule has 3 aromatic rings. The fourth-order valence-corrected chi connectivity index (χ4v) is 2.77. The molecule has 2 N–H and O–H groups in total. The molecule has 0 aliphatic rings. The SMILES string of the molecule is Cc1ccc(-n2c(N)nc3cc(Cl)c(Cl)cc32)c(Cl)c1. The quantitative estimate of drug-likeness (QED) is 0.693. The zero-order valence-electron chi connectivity index (χ0n) is 10.5. The van der Waals surface area contributed by atoms with E-state index in [9.17, 15) is 0 Å². The second kappa shape index (κ2) is 4.85. The lowest BCUT2D eigenvalue weighted by Crippen LogP contribution is -2.01. The van der Waals surface area contributed by atoms with Crippen molar-refractivity contribution < 1.29 is 0 Å².